The van der Waals surface area contributed by atoms with Gasteiger partial charge in [0.25, 0.3) is 11.6 Å². The van der Waals surface area contributed by atoms with E-state index in [0.717, 1.165) is 0 Å². The average molecular weight is 272 g/mol. The number of nitrogen functional groups attached to an aromatic ring is 1. The molecule has 2 aromatic heterocycles. The van der Waals surface area contributed by atoms with Crippen LogP contribution in [0.1, 0.15) is 0 Å². The normalized spacial score (nSPS) is 10.6. The van der Waals surface area contributed by atoms with Crippen molar-refractivity contribution in [3.63, 3.8) is 0 Å². The molecule has 9 heteroatoms. The summed E-state index contributed by atoms with van der Waals surface area (Å²) in [5.74, 6) is 0.752. The Morgan fingerprint density at radius 1 is 1.35 bits per heavy atom. The van der Waals surface area contributed by atoms with Gasteiger partial charge in [0.1, 0.15) is 11.5 Å². The van der Waals surface area contributed by atoms with Crippen LogP contribution in [0.5, 0.6) is 0 Å². The maximum atomic E-state index is 10.7. The summed E-state index contributed by atoms with van der Waals surface area (Å²) in [5.41, 5.74) is 6.40. The molecule has 0 saturated carbocycles. The number of aromatic amines is 1. The highest BCUT2D eigenvalue weighted by molar-refractivity contribution is 5.61. The Bertz CT molecular complexity index is 778. The minimum absolute atomic E-state index is 0.0420. The van der Waals surface area contributed by atoms with E-state index in [9.17, 15) is 10.1 Å². The average Bonchev–Trinajstić information content (AvgIpc) is 3.07. The van der Waals surface area contributed by atoms with Gasteiger partial charge in [-0.25, -0.2) is 0 Å². The number of nitrogens with one attached hydrogen (secondary N) is 1. The largest absolute Gasteiger partial charge is 0.382 e. The number of anilines is 1. The fraction of sp³-hybridized carbons (Fsp3) is 0. The first-order chi connectivity index (χ1) is 9.63. The second-order valence-electron chi connectivity index (χ2n) is 3.94. The van der Waals surface area contributed by atoms with Crippen molar-refractivity contribution in [2.24, 2.45) is 0 Å². The molecule has 0 bridgehead atoms. The molecule has 3 aromatic rings. The Morgan fingerprint density at radius 2 is 2.20 bits per heavy atom. The van der Waals surface area contributed by atoms with Crippen LogP contribution in [0.3, 0.4) is 0 Å². The van der Waals surface area contributed by atoms with Crippen molar-refractivity contribution in [3.8, 4) is 23.0 Å². The molecule has 1 aromatic carbocycles. The molecule has 2 heterocycles. The SMILES string of the molecule is Nc1cc(-c2nc(-c3cccc([N+](=O)[O-])c3)no2)[nH]n1. The van der Waals surface area contributed by atoms with Gasteiger partial charge < -0.3 is 10.3 Å². The molecule has 0 spiro atoms. The van der Waals surface area contributed by atoms with Gasteiger partial charge in [0, 0.05) is 23.8 Å². The topological polar surface area (TPSA) is 137 Å². The molecule has 0 fully saturated rings. The first kappa shape index (κ1) is 11.8. The summed E-state index contributed by atoms with van der Waals surface area (Å²) in [7, 11) is 0. The number of rotatable bonds is 3. The Labute approximate surface area is 111 Å². The Balaban J connectivity index is 1.98. The first-order valence-corrected chi connectivity index (χ1v) is 5.53. The van der Waals surface area contributed by atoms with Gasteiger partial charge in [0.05, 0.1) is 4.92 Å². The lowest BCUT2D eigenvalue weighted by Gasteiger charge is -1.94. The van der Waals surface area contributed by atoms with Crippen molar-refractivity contribution < 1.29 is 9.45 Å². The van der Waals surface area contributed by atoms with Crippen LogP contribution in [0.4, 0.5) is 11.5 Å². The van der Waals surface area contributed by atoms with E-state index >= 15 is 0 Å². The summed E-state index contributed by atoms with van der Waals surface area (Å²) in [5, 5.41) is 20.9. The first-order valence-electron chi connectivity index (χ1n) is 5.53. The number of nitrogens with zero attached hydrogens (tertiary/aromatic N) is 4. The number of H-pyrrole nitrogens is 1. The predicted octanol–water partition coefficient (Wildman–Crippen LogP) is 1.62. The van der Waals surface area contributed by atoms with Crippen LogP contribution in [0.15, 0.2) is 34.9 Å². The maximum absolute atomic E-state index is 10.7. The zero-order valence-corrected chi connectivity index (χ0v) is 9.98. The summed E-state index contributed by atoms with van der Waals surface area (Å²) in [6, 6.07) is 7.52. The Hall–Kier alpha value is -3.23. The van der Waals surface area contributed by atoms with Crippen molar-refractivity contribution in [1.29, 1.82) is 0 Å². The molecular weight excluding hydrogens is 264 g/mol. The van der Waals surface area contributed by atoms with Crippen LogP contribution in [-0.2, 0) is 0 Å². The lowest BCUT2D eigenvalue weighted by Crippen LogP contribution is -1.88. The highest BCUT2D eigenvalue weighted by atomic mass is 16.6. The van der Waals surface area contributed by atoms with Gasteiger partial charge in [0.2, 0.25) is 5.82 Å². The van der Waals surface area contributed by atoms with Crippen molar-refractivity contribution >= 4 is 11.5 Å². The molecule has 0 aliphatic rings. The van der Waals surface area contributed by atoms with E-state index in [1.54, 1.807) is 18.2 Å². The van der Waals surface area contributed by atoms with Crippen LogP contribution in [-0.4, -0.2) is 25.3 Å². The van der Waals surface area contributed by atoms with Crippen LogP contribution in [0, 0.1) is 10.1 Å². The molecule has 3 rings (SSSR count). The number of non-ortho nitro benzene ring substituents is 1. The Kier molecular flexibility index (Phi) is 2.64. The van der Waals surface area contributed by atoms with Crippen LogP contribution < -0.4 is 5.73 Å². The lowest BCUT2D eigenvalue weighted by atomic mass is 10.2. The third-order valence-electron chi connectivity index (χ3n) is 2.57. The minimum atomic E-state index is -0.486. The van der Waals surface area contributed by atoms with Crippen molar-refractivity contribution in [3.05, 3.63) is 40.4 Å². The molecule has 100 valence electrons. The fourth-order valence-electron chi connectivity index (χ4n) is 1.66. The molecule has 9 nitrogen and oxygen atoms in total. The standard InChI is InChI=1S/C11H8N6O3/c12-9-5-8(14-15-9)11-13-10(16-20-11)6-2-1-3-7(4-6)17(18)19/h1-5H,(H3,12,14,15). The van der Waals surface area contributed by atoms with Gasteiger partial charge in [-0.3, -0.25) is 15.2 Å². The number of nitrogens with two attached hydrogens (primary N) is 1. The molecule has 0 atom stereocenters. The third-order valence-corrected chi connectivity index (χ3v) is 2.57. The lowest BCUT2D eigenvalue weighted by molar-refractivity contribution is -0.384. The quantitative estimate of drug-likeness (QED) is 0.545. The van der Waals surface area contributed by atoms with E-state index in [2.05, 4.69) is 20.3 Å². The van der Waals surface area contributed by atoms with Crippen molar-refractivity contribution in [2.45, 2.75) is 0 Å². The summed E-state index contributed by atoms with van der Waals surface area (Å²) in [4.78, 5) is 14.4. The van der Waals surface area contributed by atoms with Crippen LogP contribution >= 0.6 is 0 Å². The predicted molar refractivity (Wildman–Crippen MR) is 68.4 cm³/mol. The van der Waals surface area contributed by atoms with E-state index in [0.29, 0.717) is 17.1 Å². The van der Waals surface area contributed by atoms with Gasteiger partial charge in [-0.2, -0.15) is 10.1 Å². The number of benzene rings is 1. The zero-order chi connectivity index (χ0) is 14.1. The number of hydrogen-bond donors (Lipinski definition) is 2. The fourth-order valence-corrected chi connectivity index (χ4v) is 1.66. The number of aromatic nitrogens is 4. The van der Waals surface area contributed by atoms with Crippen LogP contribution in [0.25, 0.3) is 23.0 Å². The number of nitro groups is 1. The highest BCUT2D eigenvalue weighted by Crippen LogP contribution is 2.24. The zero-order valence-electron chi connectivity index (χ0n) is 9.98. The van der Waals surface area contributed by atoms with Gasteiger partial charge in [-0.05, 0) is 0 Å². The van der Waals surface area contributed by atoms with E-state index in [1.807, 2.05) is 0 Å². The van der Waals surface area contributed by atoms with Gasteiger partial charge in [-0.1, -0.05) is 17.3 Å². The van der Waals surface area contributed by atoms with E-state index in [1.165, 1.54) is 12.1 Å². The van der Waals surface area contributed by atoms with E-state index in [4.69, 9.17) is 10.3 Å². The summed E-state index contributed by atoms with van der Waals surface area (Å²) >= 11 is 0. The second-order valence-corrected chi connectivity index (χ2v) is 3.94. The van der Waals surface area contributed by atoms with E-state index < -0.39 is 4.92 Å². The monoisotopic (exact) mass is 272 g/mol. The van der Waals surface area contributed by atoms with Crippen molar-refractivity contribution in [2.75, 3.05) is 5.73 Å². The summed E-state index contributed by atoms with van der Waals surface area (Å²) < 4.78 is 5.06. The smallest absolute Gasteiger partial charge is 0.276 e. The van der Waals surface area contributed by atoms with Crippen molar-refractivity contribution in [1.82, 2.24) is 20.3 Å². The molecular formula is C11H8N6O3. The molecule has 0 radical (unpaired) electrons. The third kappa shape index (κ3) is 2.07. The molecule has 20 heavy (non-hydrogen) atoms. The molecule has 0 aliphatic heterocycles. The molecule has 0 saturated heterocycles. The Morgan fingerprint density at radius 3 is 2.90 bits per heavy atom. The highest BCUT2D eigenvalue weighted by Gasteiger charge is 2.14. The van der Waals surface area contributed by atoms with E-state index in [-0.39, 0.29) is 17.4 Å². The van der Waals surface area contributed by atoms with Gasteiger partial charge in [-0.15, -0.1) is 0 Å². The van der Waals surface area contributed by atoms with Crippen LogP contribution in [0.2, 0.25) is 0 Å². The number of hydrogen-bond acceptors (Lipinski definition) is 7. The summed E-state index contributed by atoms with van der Waals surface area (Å²) in [6.07, 6.45) is 0. The minimum Gasteiger partial charge on any atom is -0.382 e. The molecule has 0 amide bonds. The molecule has 3 N–H and O–H groups in total. The molecule has 0 unspecified atom stereocenters. The summed E-state index contributed by atoms with van der Waals surface area (Å²) in [6.45, 7) is 0. The maximum Gasteiger partial charge on any atom is 0.276 e. The second kappa shape index (κ2) is 4.46. The van der Waals surface area contributed by atoms with Gasteiger partial charge >= 0.3 is 0 Å². The number of nitro benzene ring substituents is 1. The van der Waals surface area contributed by atoms with Gasteiger partial charge in [0.15, 0.2) is 0 Å². The molecule has 0 aliphatic carbocycles.